The van der Waals surface area contributed by atoms with Gasteiger partial charge in [-0.3, -0.25) is 4.90 Å². The number of fused-ring (bicyclic) bond motifs is 1. The van der Waals surface area contributed by atoms with E-state index in [9.17, 15) is 13.2 Å². The van der Waals surface area contributed by atoms with Gasteiger partial charge in [-0.1, -0.05) is 18.2 Å². The molecule has 150 valence electrons. The summed E-state index contributed by atoms with van der Waals surface area (Å²) in [5.41, 5.74) is 1.91. The molecule has 2 heterocycles. The van der Waals surface area contributed by atoms with Gasteiger partial charge in [-0.25, -0.2) is 0 Å². The van der Waals surface area contributed by atoms with E-state index in [1.54, 1.807) is 12.1 Å². The van der Waals surface area contributed by atoms with Crippen LogP contribution >= 0.6 is 0 Å². The largest absolute Gasteiger partial charge is 0.573 e. The highest BCUT2D eigenvalue weighted by atomic mass is 19.4. The fourth-order valence-corrected chi connectivity index (χ4v) is 3.64. The molecular weight excluding hydrogens is 373 g/mol. The predicted octanol–water partition coefficient (Wildman–Crippen LogP) is 3.35. The van der Waals surface area contributed by atoms with Crippen molar-refractivity contribution in [2.75, 3.05) is 39.4 Å². The lowest BCUT2D eigenvalue weighted by atomic mass is 9.96. The van der Waals surface area contributed by atoms with Crippen molar-refractivity contribution in [3.63, 3.8) is 0 Å². The summed E-state index contributed by atoms with van der Waals surface area (Å²) < 4.78 is 52.7. The molecule has 5 nitrogen and oxygen atoms in total. The minimum absolute atomic E-state index is 0.0992. The van der Waals surface area contributed by atoms with E-state index in [4.69, 9.17) is 9.47 Å². The van der Waals surface area contributed by atoms with Gasteiger partial charge in [0.1, 0.15) is 19.0 Å². The molecule has 0 amide bonds. The Morgan fingerprint density at radius 2 is 1.54 bits per heavy atom. The van der Waals surface area contributed by atoms with Crippen molar-refractivity contribution in [3.05, 3.63) is 53.6 Å². The van der Waals surface area contributed by atoms with E-state index < -0.39 is 6.36 Å². The molecule has 1 N–H and O–H groups in total. The fourth-order valence-electron chi connectivity index (χ4n) is 3.64. The smallest absolute Gasteiger partial charge is 0.486 e. The van der Waals surface area contributed by atoms with Crippen molar-refractivity contribution >= 4 is 0 Å². The minimum atomic E-state index is -4.70. The minimum Gasteiger partial charge on any atom is -0.486 e. The van der Waals surface area contributed by atoms with Crippen molar-refractivity contribution in [2.24, 2.45) is 0 Å². The van der Waals surface area contributed by atoms with E-state index in [1.807, 2.05) is 18.2 Å². The molecular formula is C20H21F3N2O3. The monoisotopic (exact) mass is 394 g/mol. The van der Waals surface area contributed by atoms with Crippen LogP contribution in [0.3, 0.4) is 0 Å². The van der Waals surface area contributed by atoms with Gasteiger partial charge in [0.15, 0.2) is 11.5 Å². The molecule has 0 bridgehead atoms. The van der Waals surface area contributed by atoms with Crippen LogP contribution in [0, 0.1) is 0 Å². The van der Waals surface area contributed by atoms with Gasteiger partial charge in [0.2, 0.25) is 0 Å². The number of alkyl halides is 3. The summed E-state index contributed by atoms with van der Waals surface area (Å²) in [7, 11) is 0. The van der Waals surface area contributed by atoms with Crippen molar-refractivity contribution in [2.45, 2.75) is 12.4 Å². The molecule has 1 saturated heterocycles. The standard InChI is InChI=1S/C20H21F3N2O3/c21-20(22,23)28-16-4-1-14(2-5-16)19(25-9-7-24-8-10-25)15-3-6-17-18(13-15)27-12-11-26-17/h1-6,13,19,24H,7-12H2/t19-/m0/s1. The lowest BCUT2D eigenvalue weighted by Gasteiger charge is -2.36. The van der Waals surface area contributed by atoms with Gasteiger partial charge in [0.25, 0.3) is 0 Å². The van der Waals surface area contributed by atoms with Gasteiger partial charge in [0.05, 0.1) is 6.04 Å². The SMILES string of the molecule is FC(F)(F)Oc1ccc([C@@H](c2ccc3c(c2)OCCO3)N2CCNCC2)cc1. The van der Waals surface area contributed by atoms with Crippen LogP contribution in [-0.2, 0) is 0 Å². The first kappa shape index (κ1) is 18.9. The topological polar surface area (TPSA) is 43.0 Å². The quantitative estimate of drug-likeness (QED) is 0.862. The van der Waals surface area contributed by atoms with Crippen molar-refractivity contribution in [1.29, 1.82) is 0 Å². The molecule has 2 aromatic rings. The van der Waals surface area contributed by atoms with Crippen molar-refractivity contribution < 1.29 is 27.4 Å². The number of nitrogens with zero attached hydrogens (tertiary/aromatic N) is 1. The first-order valence-corrected chi connectivity index (χ1v) is 9.20. The molecule has 2 aliphatic heterocycles. The van der Waals surface area contributed by atoms with Crippen LogP contribution in [-0.4, -0.2) is 50.7 Å². The molecule has 0 unspecified atom stereocenters. The Morgan fingerprint density at radius 3 is 2.21 bits per heavy atom. The molecule has 2 aliphatic rings. The molecule has 28 heavy (non-hydrogen) atoms. The zero-order chi connectivity index (χ0) is 19.6. The van der Waals surface area contributed by atoms with Crippen molar-refractivity contribution in [1.82, 2.24) is 10.2 Å². The van der Waals surface area contributed by atoms with E-state index in [1.165, 1.54) is 12.1 Å². The Balaban J connectivity index is 1.66. The molecule has 0 aromatic heterocycles. The average Bonchev–Trinajstić information content (AvgIpc) is 2.69. The first-order valence-electron chi connectivity index (χ1n) is 9.20. The average molecular weight is 394 g/mol. The third kappa shape index (κ3) is 4.34. The second-order valence-corrected chi connectivity index (χ2v) is 6.71. The number of halogens is 3. The number of nitrogens with one attached hydrogen (secondary N) is 1. The number of rotatable bonds is 4. The summed E-state index contributed by atoms with van der Waals surface area (Å²) in [5.74, 6) is 1.18. The molecule has 8 heteroatoms. The van der Waals surface area contributed by atoms with Crippen molar-refractivity contribution in [3.8, 4) is 17.2 Å². The van der Waals surface area contributed by atoms with Crippen LogP contribution < -0.4 is 19.5 Å². The molecule has 0 saturated carbocycles. The molecule has 0 radical (unpaired) electrons. The van der Waals surface area contributed by atoms with Crippen LogP contribution in [0.25, 0.3) is 0 Å². The van der Waals surface area contributed by atoms with Crippen LogP contribution in [0.2, 0.25) is 0 Å². The van der Waals surface area contributed by atoms with E-state index in [2.05, 4.69) is 15.0 Å². The Hall–Kier alpha value is -2.45. The maximum atomic E-state index is 12.5. The summed E-state index contributed by atoms with van der Waals surface area (Å²) in [6, 6.07) is 11.8. The third-order valence-electron chi connectivity index (χ3n) is 4.83. The Bertz CT molecular complexity index is 805. The van der Waals surface area contributed by atoms with Gasteiger partial charge in [-0.05, 0) is 35.4 Å². The lowest BCUT2D eigenvalue weighted by Crippen LogP contribution is -2.45. The predicted molar refractivity (Wildman–Crippen MR) is 96.8 cm³/mol. The van der Waals surface area contributed by atoms with Gasteiger partial charge in [-0.15, -0.1) is 13.2 Å². The van der Waals surface area contributed by atoms with E-state index in [-0.39, 0.29) is 11.8 Å². The first-order chi connectivity index (χ1) is 13.5. The highest BCUT2D eigenvalue weighted by molar-refractivity contribution is 5.47. The molecule has 1 atom stereocenters. The number of piperazine rings is 1. The van der Waals surface area contributed by atoms with Gasteiger partial charge in [-0.2, -0.15) is 0 Å². The maximum Gasteiger partial charge on any atom is 0.573 e. The maximum absolute atomic E-state index is 12.5. The normalized spacial score (nSPS) is 18.5. The number of hydrogen-bond donors (Lipinski definition) is 1. The van der Waals surface area contributed by atoms with E-state index in [0.29, 0.717) is 24.7 Å². The van der Waals surface area contributed by atoms with Gasteiger partial charge < -0.3 is 19.5 Å². The summed E-state index contributed by atoms with van der Waals surface area (Å²) in [4.78, 5) is 2.31. The van der Waals surface area contributed by atoms with E-state index in [0.717, 1.165) is 37.3 Å². The summed E-state index contributed by atoms with van der Waals surface area (Å²) in [6.45, 7) is 4.40. The van der Waals surface area contributed by atoms with Crippen LogP contribution in [0.4, 0.5) is 13.2 Å². The molecule has 0 aliphatic carbocycles. The fraction of sp³-hybridized carbons (Fsp3) is 0.400. The summed E-state index contributed by atoms with van der Waals surface area (Å²) in [5, 5.41) is 3.33. The van der Waals surface area contributed by atoms with Crippen LogP contribution in [0.1, 0.15) is 17.2 Å². The molecule has 2 aromatic carbocycles. The lowest BCUT2D eigenvalue weighted by molar-refractivity contribution is -0.274. The zero-order valence-electron chi connectivity index (χ0n) is 15.2. The zero-order valence-corrected chi connectivity index (χ0v) is 15.2. The second-order valence-electron chi connectivity index (χ2n) is 6.71. The number of benzene rings is 2. The summed E-state index contributed by atoms with van der Waals surface area (Å²) in [6.07, 6.45) is -4.70. The Morgan fingerprint density at radius 1 is 0.893 bits per heavy atom. The number of ether oxygens (including phenoxy) is 3. The van der Waals surface area contributed by atoms with Crippen LogP contribution in [0.15, 0.2) is 42.5 Å². The van der Waals surface area contributed by atoms with Gasteiger partial charge in [0, 0.05) is 26.2 Å². The van der Waals surface area contributed by atoms with Gasteiger partial charge >= 0.3 is 6.36 Å². The second kappa shape index (κ2) is 7.89. The number of hydrogen-bond acceptors (Lipinski definition) is 5. The highest BCUT2D eigenvalue weighted by Gasteiger charge is 2.31. The van der Waals surface area contributed by atoms with Crippen LogP contribution in [0.5, 0.6) is 17.2 Å². The highest BCUT2D eigenvalue weighted by Crippen LogP contribution is 2.37. The molecule has 4 rings (SSSR count). The Labute approximate surface area is 161 Å². The molecule has 0 spiro atoms. The third-order valence-corrected chi connectivity index (χ3v) is 4.83. The molecule has 1 fully saturated rings. The summed E-state index contributed by atoms with van der Waals surface area (Å²) >= 11 is 0. The van der Waals surface area contributed by atoms with E-state index >= 15 is 0 Å². The Kier molecular flexibility index (Phi) is 5.32.